The molecule has 1 unspecified atom stereocenters. The predicted octanol–water partition coefficient (Wildman–Crippen LogP) is 3.13. The molecule has 2 aliphatic rings. The molecule has 6 heteroatoms. The van der Waals surface area contributed by atoms with Crippen LogP contribution in [0, 0.1) is 11.3 Å². The van der Waals surface area contributed by atoms with Crippen LogP contribution in [-0.2, 0) is 11.3 Å². The topological polar surface area (TPSA) is 50.6 Å². The van der Waals surface area contributed by atoms with E-state index in [0.29, 0.717) is 5.56 Å². The zero-order chi connectivity index (χ0) is 19.5. The van der Waals surface area contributed by atoms with Gasteiger partial charge in [-0.1, -0.05) is 23.7 Å². The van der Waals surface area contributed by atoms with Crippen LogP contribution in [0.25, 0.3) is 0 Å². The highest BCUT2D eigenvalue weighted by Gasteiger charge is 2.37. The molecule has 1 atom stereocenters. The Morgan fingerprint density at radius 3 is 2.46 bits per heavy atom. The monoisotopic (exact) mass is 394 g/mol. The fourth-order valence-corrected chi connectivity index (χ4v) is 4.32. The lowest BCUT2D eigenvalue weighted by Crippen LogP contribution is -2.52. The van der Waals surface area contributed by atoms with Gasteiger partial charge in [0.25, 0.3) is 0 Å². The molecule has 144 valence electrons. The van der Waals surface area contributed by atoms with Gasteiger partial charge in [0.2, 0.25) is 5.91 Å². The van der Waals surface area contributed by atoms with Crippen molar-refractivity contribution < 1.29 is 4.79 Å². The molecule has 2 heterocycles. The molecule has 2 fully saturated rings. The van der Waals surface area contributed by atoms with Gasteiger partial charge in [0, 0.05) is 50.0 Å². The number of rotatable bonds is 4. The second kappa shape index (κ2) is 8.32. The van der Waals surface area contributed by atoms with Crippen LogP contribution in [0.2, 0.25) is 5.02 Å². The van der Waals surface area contributed by atoms with Crippen molar-refractivity contribution in [2.24, 2.45) is 0 Å². The summed E-state index contributed by atoms with van der Waals surface area (Å²) in [5.41, 5.74) is 2.72. The number of amides is 1. The number of piperazine rings is 1. The number of carbonyl (C=O) groups excluding carboxylic acids is 1. The molecule has 4 rings (SSSR count). The Labute approximate surface area is 170 Å². The molecule has 0 saturated carbocycles. The van der Waals surface area contributed by atoms with Gasteiger partial charge in [-0.3, -0.25) is 14.6 Å². The maximum Gasteiger partial charge on any atom is 0.244 e. The average Bonchev–Trinajstić information content (AvgIpc) is 3.10. The van der Waals surface area contributed by atoms with Gasteiger partial charge in [-0.2, -0.15) is 5.26 Å². The second-order valence-electron chi connectivity index (χ2n) is 7.40. The zero-order valence-electron chi connectivity index (χ0n) is 15.7. The van der Waals surface area contributed by atoms with Crippen molar-refractivity contribution in [2.75, 3.05) is 37.6 Å². The Morgan fingerprint density at radius 2 is 1.79 bits per heavy atom. The summed E-state index contributed by atoms with van der Waals surface area (Å²) in [4.78, 5) is 19.5. The first kappa shape index (κ1) is 18.9. The van der Waals surface area contributed by atoms with Crippen molar-refractivity contribution in [3.8, 4) is 6.07 Å². The molecule has 0 bridgehead atoms. The Bertz CT molecular complexity index is 884. The minimum absolute atomic E-state index is 0.0380. The number of carbonyl (C=O) groups is 1. The summed E-state index contributed by atoms with van der Waals surface area (Å²) < 4.78 is 0. The lowest BCUT2D eigenvalue weighted by atomic mass is 10.1. The molecule has 0 aliphatic carbocycles. The molecule has 2 saturated heterocycles. The van der Waals surface area contributed by atoms with Crippen LogP contribution in [0.5, 0.6) is 0 Å². The molecule has 2 aliphatic heterocycles. The van der Waals surface area contributed by atoms with E-state index in [1.807, 2.05) is 35.2 Å². The smallest absolute Gasteiger partial charge is 0.244 e. The van der Waals surface area contributed by atoms with E-state index in [0.717, 1.165) is 56.4 Å². The summed E-state index contributed by atoms with van der Waals surface area (Å²) >= 11 is 6.08. The van der Waals surface area contributed by atoms with Crippen molar-refractivity contribution in [1.29, 1.82) is 5.26 Å². The minimum Gasteiger partial charge on any atom is -0.311 e. The van der Waals surface area contributed by atoms with E-state index in [1.165, 1.54) is 5.56 Å². The summed E-state index contributed by atoms with van der Waals surface area (Å²) in [6.07, 6.45) is 0.854. The fourth-order valence-electron chi connectivity index (χ4n) is 4.10. The Balaban J connectivity index is 1.33. The molecule has 1 amide bonds. The first-order chi connectivity index (χ1) is 13.6. The van der Waals surface area contributed by atoms with Crippen LogP contribution in [0.1, 0.15) is 17.5 Å². The van der Waals surface area contributed by atoms with E-state index in [2.05, 4.69) is 21.9 Å². The third-order valence-corrected chi connectivity index (χ3v) is 5.86. The highest BCUT2D eigenvalue weighted by molar-refractivity contribution is 6.30. The zero-order valence-corrected chi connectivity index (χ0v) is 16.5. The summed E-state index contributed by atoms with van der Waals surface area (Å²) in [5, 5.41) is 9.71. The third-order valence-electron chi connectivity index (χ3n) is 5.63. The maximum absolute atomic E-state index is 13.0. The normalized spacial score (nSPS) is 21.1. The van der Waals surface area contributed by atoms with E-state index >= 15 is 0 Å². The van der Waals surface area contributed by atoms with Gasteiger partial charge in [-0.25, -0.2) is 0 Å². The number of halogens is 1. The van der Waals surface area contributed by atoms with Gasteiger partial charge < -0.3 is 4.90 Å². The van der Waals surface area contributed by atoms with Crippen LogP contribution < -0.4 is 4.90 Å². The molecule has 0 radical (unpaired) electrons. The summed E-state index contributed by atoms with van der Waals surface area (Å²) in [5.74, 6) is 0.174. The van der Waals surface area contributed by atoms with Crippen LogP contribution in [0.4, 0.5) is 5.69 Å². The standard InChI is InChI=1S/C22H23ClN4O/c23-19-3-1-2-18(14-19)16-25-10-12-26(13-11-25)21-8-9-27(22(21)28)20-6-4-17(15-24)5-7-20/h1-7,14,21H,8-13,16H2. The van der Waals surface area contributed by atoms with Crippen molar-refractivity contribution >= 4 is 23.2 Å². The quantitative estimate of drug-likeness (QED) is 0.799. The second-order valence-corrected chi connectivity index (χ2v) is 7.83. The molecule has 2 aromatic rings. The molecule has 0 N–H and O–H groups in total. The lowest BCUT2D eigenvalue weighted by Gasteiger charge is -2.37. The Kier molecular flexibility index (Phi) is 5.63. The van der Waals surface area contributed by atoms with E-state index in [1.54, 1.807) is 12.1 Å². The van der Waals surface area contributed by atoms with E-state index in [9.17, 15) is 4.79 Å². The molecule has 0 spiro atoms. The summed E-state index contributed by atoms with van der Waals surface area (Å²) in [6, 6.07) is 17.4. The Morgan fingerprint density at radius 1 is 1.04 bits per heavy atom. The van der Waals surface area contributed by atoms with E-state index < -0.39 is 0 Å². The lowest BCUT2D eigenvalue weighted by molar-refractivity contribution is -0.122. The molecule has 5 nitrogen and oxygen atoms in total. The molecular formula is C22H23ClN4O. The third kappa shape index (κ3) is 4.05. The van der Waals surface area contributed by atoms with Gasteiger partial charge in [-0.15, -0.1) is 0 Å². The molecule has 0 aromatic heterocycles. The first-order valence-electron chi connectivity index (χ1n) is 9.66. The summed E-state index contributed by atoms with van der Waals surface area (Å²) in [7, 11) is 0. The first-order valence-corrected chi connectivity index (χ1v) is 10.0. The van der Waals surface area contributed by atoms with Gasteiger partial charge in [0.05, 0.1) is 17.7 Å². The van der Waals surface area contributed by atoms with Crippen molar-refractivity contribution in [3.63, 3.8) is 0 Å². The van der Waals surface area contributed by atoms with Crippen molar-refractivity contribution in [1.82, 2.24) is 9.80 Å². The highest BCUT2D eigenvalue weighted by atomic mass is 35.5. The molecular weight excluding hydrogens is 372 g/mol. The van der Waals surface area contributed by atoms with E-state index in [-0.39, 0.29) is 11.9 Å². The average molecular weight is 395 g/mol. The number of benzene rings is 2. The van der Waals surface area contributed by atoms with Gasteiger partial charge in [0.1, 0.15) is 0 Å². The van der Waals surface area contributed by atoms with Crippen LogP contribution in [0.15, 0.2) is 48.5 Å². The van der Waals surface area contributed by atoms with Crippen LogP contribution >= 0.6 is 11.6 Å². The predicted molar refractivity (Wildman–Crippen MR) is 110 cm³/mol. The SMILES string of the molecule is N#Cc1ccc(N2CCC(N3CCN(Cc4cccc(Cl)c4)CC3)C2=O)cc1. The minimum atomic E-state index is -0.0380. The van der Waals surface area contributed by atoms with Gasteiger partial charge in [0.15, 0.2) is 0 Å². The fraction of sp³-hybridized carbons (Fsp3) is 0.364. The number of anilines is 1. The Hall–Kier alpha value is -2.39. The maximum atomic E-state index is 13.0. The van der Waals surface area contributed by atoms with Gasteiger partial charge >= 0.3 is 0 Å². The van der Waals surface area contributed by atoms with Crippen molar-refractivity contribution in [2.45, 2.75) is 19.0 Å². The highest BCUT2D eigenvalue weighted by Crippen LogP contribution is 2.25. The largest absolute Gasteiger partial charge is 0.311 e. The van der Waals surface area contributed by atoms with Gasteiger partial charge in [-0.05, 0) is 48.4 Å². The number of hydrogen-bond acceptors (Lipinski definition) is 4. The van der Waals surface area contributed by atoms with E-state index in [4.69, 9.17) is 16.9 Å². The molecule has 28 heavy (non-hydrogen) atoms. The van der Waals surface area contributed by atoms with Crippen molar-refractivity contribution in [3.05, 3.63) is 64.7 Å². The number of nitrogens with zero attached hydrogens (tertiary/aromatic N) is 4. The summed E-state index contributed by atoms with van der Waals surface area (Å²) in [6.45, 7) is 5.33. The van der Waals surface area contributed by atoms with Crippen LogP contribution in [-0.4, -0.2) is 54.5 Å². The molecule has 2 aromatic carbocycles. The number of hydrogen-bond donors (Lipinski definition) is 0. The number of nitriles is 1. The van der Waals surface area contributed by atoms with Crippen LogP contribution in [0.3, 0.4) is 0 Å².